The highest BCUT2D eigenvalue weighted by atomic mass is 16.4. The van der Waals surface area contributed by atoms with E-state index in [9.17, 15) is 24.3 Å². The van der Waals surface area contributed by atoms with Gasteiger partial charge in [-0.05, 0) is 56.2 Å². The fraction of sp³-hybridized carbons (Fsp3) is 0.536. The summed E-state index contributed by atoms with van der Waals surface area (Å²) in [4.78, 5) is 58.8. The first-order valence-corrected chi connectivity index (χ1v) is 14.0. The van der Waals surface area contributed by atoms with Crippen molar-refractivity contribution in [3.05, 3.63) is 36.0 Å². The molecule has 0 spiro atoms. The second-order valence-corrected chi connectivity index (χ2v) is 10.8. The molecule has 41 heavy (non-hydrogen) atoms. The normalized spacial score (nSPS) is 17.0. The largest absolute Gasteiger partial charge is 0.480 e. The third kappa shape index (κ3) is 9.48. The number of carboxylic acid groups (broad SMARTS) is 1. The number of carbonyl (C=O) groups is 4. The van der Waals surface area contributed by atoms with Crippen molar-refractivity contribution in [3.8, 4) is 0 Å². The minimum absolute atomic E-state index is 0.0144. The van der Waals surface area contributed by atoms with Gasteiger partial charge in [-0.2, -0.15) is 0 Å². The maximum absolute atomic E-state index is 13.7. The van der Waals surface area contributed by atoms with Gasteiger partial charge >= 0.3 is 5.97 Å². The summed E-state index contributed by atoms with van der Waals surface area (Å²) in [7, 11) is 0. The van der Waals surface area contributed by atoms with Crippen molar-refractivity contribution in [1.29, 1.82) is 0 Å². The van der Waals surface area contributed by atoms with Gasteiger partial charge in [-0.25, -0.2) is 4.79 Å². The molecule has 4 unspecified atom stereocenters. The van der Waals surface area contributed by atoms with Crippen molar-refractivity contribution in [1.82, 2.24) is 26.3 Å². The van der Waals surface area contributed by atoms with Crippen molar-refractivity contribution in [2.24, 2.45) is 22.4 Å². The number of nitrogens with one attached hydrogen (secondary N) is 5. The van der Waals surface area contributed by atoms with Crippen LogP contribution in [0.4, 0.5) is 0 Å². The topological polar surface area (TPSA) is 217 Å². The third-order valence-corrected chi connectivity index (χ3v) is 7.01. The lowest BCUT2D eigenvalue weighted by molar-refractivity contribution is -0.142. The molecule has 2 aromatic rings. The average molecular weight is 571 g/mol. The van der Waals surface area contributed by atoms with Crippen LogP contribution in [0.3, 0.4) is 0 Å². The molecule has 0 bridgehead atoms. The van der Waals surface area contributed by atoms with Gasteiger partial charge in [0, 0.05) is 30.1 Å². The number of aliphatic imine (C=N–C) groups is 1. The first-order valence-electron chi connectivity index (χ1n) is 14.0. The summed E-state index contributed by atoms with van der Waals surface area (Å²) >= 11 is 0. The van der Waals surface area contributed by atoms with Crippen molar-refractivity contribution in [3.63, 3.8) is 0 Å². The molecule has 0 radical (unpaired) electrons. The number of guanidine groups is 1. The zero-order valence-electron chi connectivity index (χ0n) is 23.6. The van der Waals surface area contributed by atoms with Gasteiger partial charge in [0.05, 0.1) is 6.04 Å². The standard InChI is InChI=1S/C28H42N8O5/c1-16(2)13-22(25(38)34-21(27(40)41)10-6-12-32-28(29)30)35-26(39)23(36-24(37)20-9-5-11-31-20)14-17-15-33-19-8-4-3-7-18(17)19/h3-4,7-8,15-16,20-23,31,33H,5-6,9-14H2,1-2H3,(H,34,38)(H,35,39)(H,36,37)(H,40,41)(H4,29,30,32). The van der Waals surface area contributed by atoms with E-state index in [1.165, 1.54) is 0 Å². The Labute approximate surface area is 239 Å². The number of aliphatic carboxylic acids is 1. The minimum Gasteiger partial charge on any atom is -0.480 e. The summed E-state index contributed by atoms with van der Waals surface area (Å²) in [6.45, 7) is 4.74. The maximum Gasteiger partial charge on any atom is 0.326 e. The molecule has 1 aromatic carbocycles. The Hall–Kier alpha value is -4.13. The third-order valence-electron chi connectivity index (χ3n) is 7.01. The van der Waals surface area contributed by atoms with Gasteiger partial charge in [-0.15, -0.1) is 0 Å². The highest BCUT2D eigenvalue weighted by molar-refractivity contribution is 5.95. The van der Waals surface area contributed by atoms with Gasteiger partial charge in [0.1, 0.15) is 18.1 Å². The Morgan fingerprint density at radius 2 is 1.76 bits per heavy atom. The van der Waals surface area contributed by atoms with Crippen molar-refractivity contribution >= 4 is 40.6 Å². The number of nitrogens with two attached hydrogens (primary N) is 2. The molecule has 13 heteroatoms. The predicted molar refractivity (Wildman–Crippen MR) is 156 cm³/mol. The van der Waals surface area contributed by atoms with Crippen molar-refractivity contribution in [2.75, 3.05) is 13.1 Å². The molecule has 1 saturated heterocycles. The van der Waals surface area contributed by atoms with Gasteiger partial charge in [-0.3, -0.25) is 19.4 Å². The Morgan fingerprint density at radius 1 is 1.05 bits per heavy atom. The number of aromatic amines is 1. The fourth-order valence-electron chi connectivity index (χ4n) is 4.92. The lowest BCUT2D eigenvalue weighted by atomic mass is 10.00. The van der Waals surface area contributed by atoms with Crippen LogP contribution in [0.25, 0.3) is 10.9 Å². The Kier molecular flexibility index (Phi) is 11.5. The molecular formula is C28H42N8O5. The van der Waals surface area contributed by atoms with E-state index in [1.54, 1.807) is 0 Å². The van der Waals surface area contributed by atoms with E-state index >= 15 is 0 Å². The Bertz CT molecular complexity index is 1230. The number of rotatable bonds is 15. The molecule has 3 amide bonds. The molecule has 2 heterocycles. The molecule has 1 aliphatic heterocycles. The number of nitrogens with zero attached hydrogens (tertiary/aromatic N) is 1. The molecule has 1 aliphatic rings. The van der Waals surface area contributed by atoms with Crippen LogP contribution in [0.5, 0.6) is 0 Å². The van der Waals surface area contributed by atoms with Crippen LogP contribution in [-0.4, -0.2) is 77.0 Å². The number of carboxylic acids is 1. The molecule has 1 aromatic heterocycles. The van der Waals surface area contributed by atoms with Crippen LogP contribution >= 0.6 is 0 Å². The van der Waals surface area contributed by atoms with E-state index in [1.807, 2.05) is 44.3 Å². The molecular weight excluding hydrogens is 528 g/mol. The second-order valence-electron chi connectivity index (χ2n) is 10.8. The maximum atomic E-state index is 13.7. The van der Waals surface area contributed by atoms with Gasteiger partial charge in [0.15, 0.2) is 5.96 Å². The first-order chi connectivity index (χ1) is 19.5. The molecule has 224 valence electrons. The van der Waals surface area contributed by atoms with E-state index in [-0.39, 0.29) is 43.6 Å². The highest BCUT2D eigenvalue weighted by Gasteiger charge is 2.32. The second kappa shape index (κ2) is 15.0. The molecule has 10 N–H and O–H groups in total. The van der Waals surface area contributed by atoms with E-state index in [2.05, 4.69) is 31.2 Å². The summed E-state index contributed by atoms with van der Waals surface area (Å²) in [6, 6.07) is 4.13. The van der Waals surface area contributed by atoms with Crippen LogP contribution in [0, 0.1) is 5.92 Å². The van der Waals surface area contributed by atoms with E-state index in [4.69, 9.17) is 11.5 Å². The monoisotopic (exact) mass is 570 g/mol. The molecule has 13 nitrogen and oxygen atoms in total. The average Bonchev–Trinajstić information content (AvgIpc) is 3.60. The first kappa shape index (κ1) is 31.4. The number of para-hydroxylation sites is 1. The minimum atomic E-state index is -1.20. The SMILES string of the molecule is CC(C)CC(NC(=O)C(Cc1c[nH]c2ccccc12)NC(=O)C1CCCN1)C(=O)NC(CCCN=C(N)N)C(=O)O. The number of hydrogen-bond acceptors (Lipinski definition) is 6. The summed E-state index contributed by atoms with van der Waals surface area (Å²) < 4.78 is 0. The zero-order chi connectivity index (χ0) is 29.9. The summed E-state index contributed by atoms with van der Waals surface area (Å²) in [5, 5.41) is 21.9. The molecule has 4 atom stereocenters. The van der Waals surface area contributed by atoms with Crippen molar-refractivity contribution < 1.29 is 24.3 Å². The van der Waals surface area contributed by atoms with E-state index in [0.717, 1.165) is 29.4 Å². The predicted octanol–water partition coefficient (Wildman–Crippen LogP) is 0.101. The van der Waals surface area contributed by atoms with Crippen LogP contribution in [0.15, 0.2) is 35.5 Å². The van der Waals surface area contributed by atoms with Crippen molar-refractivity contribution in [2.45, 2.75) is 76.5 Å². The van der Waals surface area contributed by atoms with Crippen LogP contribution in [-0.2, 0) is 25.6 Å². The summed E-state index contributed by atoms with van der Waals surface area (Å²) in [6.07, 6.45) is 4.26. The smallest absolute Gasteiger partial charge is 0.326 e. The number of hydrogen-bond donors (Lipinski definition) is 8. The molecule has 0 aliphatic carbocycles. The number of benzene rings is 1. The summed E-state index contributed by atoms with van der Waals surface area (Å²) in [5.74, 6) is -2.71. The van der Waals surface area contributed by atoms with E-state index in [0.29, 0.717) is 12.8 Å². The zero-order valence-corrected chi connectivity index (χ0v) is 23.6. The van der Waals surface area contributed by atoms with Gasteiger partial charge < -0.3 is 42.8 Å². The van der Waals surface area contributed by atoms with Gasteiger partial charge in [-0.1, -0.05) is 32.0 Å². The lowest BCUT2D eigenvalue weighted by Crippen LogP contribution is -2.57. The number of amides is 3. The fourth-order valence-corrected chi connectivity index (χ4v) is 4.92. The number of aromatic nitrogens is 1. The number of H-pyrrole nitrogens is 1. The Balaban J connectivity index is 1.76. The number of carbonyl (C=O) groups excluding carboxylic acids is 3. The quantitative estimate of drug-likeness (QED) is 0.0832. The van der Waals surface area contributed by atoms with Gasteiger partial charge in [0.25, 0.3) is 0 Å². The van der Waals surface area contributed by atoms with Crippen LogP contribution < -0.4 is 32.7 Å². The van der Waals surface area contributed by atoms with Crippen LogP contribution in [0.1, 0.15) is 51.5 Å². The molecule has 3 rings (SSSR count). The van der Waals surface area contributed by atoms with E-state index < -0.39 is 42.0 Å². The Morgan fingerprint density at radius 3 is 2.41 bits per heavy atom. The summed E-state index contributed by atoms with van der Waals surface area (Å²) in [5.41, 5.74) is 12.4. The highest BCUT2D eigenvalue weighted by Crippen LogP contribution is 2.20. The van der Waals surface area contributed by atoms with Gasteiger partial charge in [0.2, 0.25) is 17.7 Å². The lowest BCUT2D eigenvalue weighted by Gasteiger charge is -2.26. The molecule has 0 saturated carbocycles. The van der Waals surface area contributed by atoms with Crippen LogP contribution in [0.2, 0.25) is 0 Å². The molecule has 1 fully saturated rings. The number of fused-ring (bicyclic) bond motifs is 1.